The molecule has 10 heteroatoms. The first-order valence-corrected chi connectivity index (χ1v) is 12.4. The van der Waals surface area contributed by atoms with Crippen LogP contribution in [0.25, 0.3) is 21.2 Å². The maximum absolute atomic E-state index is 12.7. The molecule has 4 aromatic rings. The molecule has 0 aliphatic carbocycles. The molecule has 2 aromatic carbocycles. The summed E-state index contributed by atoms with van der Waals surface area (Å²) in [5.74, 6) is 0.472. The van der Waals surface area contributed by atoms with Gasteiger partial charge in [-0.25, -0.2) is 9.29 Å². The van der Waals surface area contributed by atoms with Crippen molar-refractivity contribution < 1.29 is 13.2 Å². The monoisotopic (exact) mass is 502 g/mol. The van der Waals surface area contributed by atoms with Crippen molar-refractivity contribution in [3.05, 3.63) is 76.7 Å². The number of alkyl halides is 3. The molecule has 3 heterocycles. The first-order chi connectivity index (χ1) is 16.3. The number of anilines is 1. The first kappa shape index (κ1) is 22.9. The Labute approximate surface area is 202 Å². The van der Waals surface area contributed by atoms with Crippen LogP contribution < -0.4 is 10.9 Å². The van der Waals surface area contributed by atoms with Gasteiger partial charge in [0.05, 0.1) is 15.6 Å². The standard InChI is InChI=1S/C24H21F3N4OS2/c25-24(26,27)17-4-8-22(28-14-17)29-18-9-11-31(12-10-18)34-19-5-1-15(2-6-19)16-3-7-20-21(13-16)33-30-23(20)32/h1-8,13-14,18H,9-12H2,(H,28,29)(H,30,32). The van der Waals surface area contributed by atoms with E-state index in [1.165, 1.54) is 17.6 Å². The molecule has 34 heavy (non-hydrogen) atoms. The Kier molecular flexibility index (Phi) is 6.37. The Balaban J connectivity index is 1.14. The number of aromatic amines is 1. The fourth-order valence-corrected chi connectivity index (χ4v) is 5.65. The minimum atomic E-state index is -4.37. The summed E-state index contributed by atoms with van der Waals surface area (Å²) in [6.45, 7) is 1.74. The Morgan fingerprint density at radius 3 is 2.44 bits per heavy atom. The van der Waals surface area contributed by atoms with Crippen molar-refractivity contribution >= 4 is 39.4 Å². The van der Waals surface area contributed by atoms with E-state index in [2.05, 4.69) is 43.2 Å². The summed E-state index contributed by atoms with van der Waals surface area (Å²) in [7, 11) is 0. The minimum Gasteiger partial charge on any atom is -0.367 e. The van der Waals surface area contributed by atoms with Crippen molar-refractivity contribution in [2.75, 3.05) is 18.4 Å². The maximum atomic E-state index is 12.7. The topological polar surface area (TPSA) is 61.0 Å². The van der Waals surface area contributed by atoms with Gasteiger partial charge in [0.15, 0.2) is 0 Å². The van der Waals surface area contributed by atoms with Crippen LogP contribution >= 0.6 is 23.5 Å². The molecule has 0 spiro atoms. The van der Waals surface area contributed by atoms with E-state index >= 15 is 0 Å². The van der Waals surface area contributed by atoms with Gasteiger partial charge >= 0.3 is 6.18 Å². The van der Waals surface area contributed by atoms with E-state index in [0.29, 0.717) is 11.2 Å². The quantitative estimate of drug-likeness (QED) is 0.316. The summed E-state index contributed by atoms with van der Waals surface area (Å²) in [4.78, 5) is 16.8. The van der Waals surface area contributed by atoms with Crippen molar-refractivity contribution in [1.82, 2.24) is 13.7 Å². The normalized spacial score (nSPS) is 15.6. The highest BCUT2D eigenvalue weighted by Gasteiger charge is 2.30. The summed E-state index contributed by atoms with van der Waals surface area (Å²) >= 11 is 3.06. The van der Waals surface area contributed by atoms with Gasteiger partial charge in [-0.2, -0.15) is 13.2 Å². The largest absolute Gasteiger partial charge is 0.417 e. The van der Waals surface area contributed by atoms with Gasteiger partial charge in [-0.3, -0.25) is 9.17 Å². The summed E-state index contributed by atoms with van der Waals surface area (Å²) in [6.07, 6.45) is -1.74. The molecule has 1 aliphatic rings. The first-order valence-electron chi connectivity index (χ1n) is 10.8. The second-order valence-corrected chi connectivity index (χ2v) is 10.2. The lowest BCUT2D eigenvalue weighted by Crippen LogP contribution is -2.35. The Bertz CT molecular complexity index is 1330. The summed E-state index contributed by atoms with van der Waals surface area (Å²) in [5.41, 5.74) is 1.38. The molecule has 1 aliphatic heterocycles. The molecule has 1 fully saturated rings. The molecule has 2 aromatic heterocycles. The smallest absolute Gasteiger partial charge is 0.367 e. The predicted octanol–water partition coefficient (Wildman–Crippen LogP) is 6.25. The second-order valence-electron chi connectivity index (χ2n) is 8.14. The van der Waals surface area contributed by atoms with Gasteiger partial charge in [-0.05, 0) is 72.3 Å². The number of hydrogen-bond donors (Lipinski definition) is 2. The second kappa shape index (κ2) is 9.44. The van der Waals surface area contributed by atoms with Crippen LogP contribution in [0.1, 0.15) is 18.4 Å². The summed E-state index contributed by atoms with van der Waals surface area (Å²) in [5, 5.41) is 3.96. The van der Waals surface area contributed by atoms with Crippen molar-refractivity contribution in [1.29, 1.82) is 0 Å². The number of rotatable bonds is 5. The van der Waals surface area contributed by atoms with Crippen LogP contribution in [0.5, 0.6) is 0 Å². The predicted molar refractivity (Wildman–Crippen MR) is 131 cm³/mol. The number of H-pyrrole nitrogens is 1. The lowest BCUT2D eigenvalue weighted by Gasteiger charge is -2.31. The minimum absolute atomic E-state index is 0.0482. The molecule has 0 saturated carbocycles. The highest BCUT2D eigenvalue weighted by molar-refractivity contribution is 7.97. The van der Waals surface area contributed by atoms with E-state index < -0.39 is 11.7 Å². The number of pyridine rings is 1. The van der Waals surface area contributed by atoms with Crippen molar-refractivity contribution in [2.45, 2.75) is 30.0 Å². The highest BCUT2D eigenvalue weighted by Crippen LogP contribution is 2.31. The summed E-state index contributed by atoms with van der Waals surface area (Å²) in [6, 6.07) is 16.9. The molecule has 0 bridgehead atoms. The molecule has 1 saturated heterocycles. The molecule has 176 valence electrons. The van der Waals surface area contributed by atoms with Crippen LogP contribution in [0.3, 0.4) is 0 Å². The number of hydrogen-bond acceptors (Lipinski definition) is 6. The fourth-order valence-electron chi connectivity index (χ4n) is 3.94. The van der Waals surface area contributed by atoms with Crippen molar-refractivity contribution in [3.8, 4) is 11.1 Å². The molecule has 0 amide bonds. The van der Waals surface area contributed by atoms with Crippen molar-refractivity contribution in [3.63, 3.8) is 0 Å². The van der Waals surface area contributed by atoms with E-state index in [9.17, 15) is 18.0 Å². The Morgan fingerprint density at radius 1 is 1.03 bits per heavy atom. The highest BCUT2D eigenvalue weighted by atomic mass is 32.2. The lowest BCUT2D eigenvalue weighted by atomic mass is 10.1. The average molecular weight is 503 g/mol. The number of piperidine rings is 1. The van der Waals surface area contributed by atoms with Crippen LogP contribution in [0, 0.1) is 0 Å². The number of aromatic nitrogens is 2. The molecular formula is C24H21F3N4OS2. The van der Waals surface area contributed by atoms with Gasteiger partial charge in [0, 0.05) is 30.2 Å². The summed E-state index contributed by atoms with van der Waals surface area (Å²) < 4.78 is 44.1. The van der Waals surface area contributed by atoms with Crippen LogP contribution in [-0.4, -0.2) is 32.8 Å². The molecule has 5 nitrogen and oxygen atoms in total. The SMILES string of the molecule is O=c1[nH]sc2cc(-c3ccc(SN4CCC(Nc5ccc(C(F)(F)F)cn5)CC4)cc3)ccc12. The van der Waals surface area contributed by atoms with Gasteiger partial charge < -0.3 is 5.32 Å². The lowest BCUT2D eigenvalue weighted by molar-refractivity contribution is -0.137. The number of fused-ring (bicyclic) bond motifs is 1. The van der Waals surface area contributed by atoms with E-state index in [0.717, 1.165) is 58.9 Å². The van der Waals surface area contributed by atoms with Crippen LogP contribution in [0.2, 0.25) is 0 Å². The average Bonchev–Trinajstić information content (AvgIpc) is 3.21. The van der Waals surface area contributed by atoms with Gasteiger partial charge in [0.2, 0.25) is 0 Å². The van der Waals surface area contributed by atoms with Gasteiger partial charge in [-0.15, -0.1) is 0 Å². The van der Waals surface area contributed by atoms with E-state index in [1.54, 1.807) is 11.9 Å². The zero-order valence-electron chi connectivity index (χ0n) is 17.9. The zero-order chi connectivity index (χ0) is 23.7. The van der Waals surface area contributed by atoms with Crippen molar-refractivity contribution in [2.24, 2.45) is 0 Å². The Morgan fingerprint density at radius 2 is 1.76 bits per heavy atom. The molecule has 0 atom stereocenters. The Hall–Kier alpha value is -2.82. The third-order valence-corrected chi connectivity index (χ3v) is 7.75. The number of nitrogens with zero attached hydrogens (tertiary/aromatic N) is 2. The van der Waals surface area contributed by atoms with E-state index in [-0.39, 0.29) is 11.6 Å². The van der Waals surface area contributed by atoms with Gasteiger partial charge in [-0.1, -0.05) is 29.7 Å². The van der Waals surface area contributed by atoms with Crippen LogP contribution in [0.4, 0.5) is 19.0 Å². The number of benzene rings is 2. The molecule has 0 unspecified atom stereocenters. The van der Waals surface area contributed by atoms with Crippen LogP contribution in [-0.2, 0) is 6.18 Å². The fraction of sp³-hybridized carbons (Fsp3) is 0.250. The molecule has 5 rings (SSSR count). The molecule has 2 N–H and O–H groups in total. The number of nitrogens with one attached hydrogen (secondary N) is 2. The number of halogens is 3. The molecular weight excluding hydrogens is 481 g/mol. The van der Waals surface area contributed by atoms with Gasteiger partial charge in [0.25, 0.3) is 5.56 Å². The van der Waals surface area contributed by atoms with Crippen LogP contribution in [0.15, 0.2) is 70.5 Å². The molecule has 0 radical (unpaired) electrons. The maximum Gasteiger partial charge on any atom is 0.417 e. The van der Waals surface area contributed by atoms with Gasteiger partial charge in [0.1, 0.15) is 5.82 Å². The third-order valence-electron chi connectivity index (χ3n) is 5.80. The third kappa shape index (κ3) is 5.13. The zero-order valence-corrected chi connectivity index (χ0v) is 19.6. The van der Waals surface area contributed by atoms with E-state index in [4.69, 9.17) is 0 Å². The van der Waals surface area contributed by atoms with E-state index in [1.807, 2.05) is 18.2 Å².